The quantitative estimate of drug-likeness (QED) is 0.514. The summed E-state index contributed by atoms with van der Waals surface area (Å²) in [6.45, 7) is 4.23. The SMILES string of the molecule is CC1(C)CC(c2nc(-c3ccc(C(=O)NCCC(=O)O)c(F)c3)no2)=CC=C1c1ccccc1. The summed E-state index contributed by atoms with van der Waals surface area (Å²) >= 11 is 0. The maximum Gasteiger partial charge on any atom is 0.305 e. The Labute approximate surface area is 196 Å². The molecule has 0 saturated heterocycles. The summed E-state index contributed by atoms with van der Waals surface area (Å²) in [7, 11) is 0. The van der Waals surface area contributed by atoms with Gasteiger partial charge in [0.15, 0.2) is 0 Å². The van der Waals surface area contributed by atoms with Crippen molar-refractivity contribution in [3.05, 3.63) is 83.5 Å². The highest BCUT2D eigenvalue weighted by molar-refractivity contribution is 5.95. The smallest absolute Gasteiger partial charge is 0.305 e. The van der Waals surface area contributed by atoms with Gasteiger partial charge in [-0.05, 0) is 35.1 Å². The summed E-state index contributed by atoms with van der Waals surface area (Å²) in [5.41, 5.74) is 3.30. The number of halogens is 1. The van der Waals surface area contributed by atoms with Crippen LogP contribution in [0.5, 0.6) is 0 Å². The molecule has 2 aromatic carbocycles. The van der Waals surface area contributed by atoms with Gasteiger partial charge in [-0.25, -0.2) is 4.39 Å². The van der Waals surface area contributed by atoms with Crippen LogP contribution in [0.1, 0.15) is 48.5 Å². The van der Waals surface area contributed by atoms with E-state index in [1.165, 1.54) is 17.7 Å². The molecule has 0 aliphatic heterocycles. The molecule has 1 aliphatic carbocycles. The van der Waals surface area contributed by atoms with Crippen molar-refractivity contribution in [2.24, 2.45) is 5.41 Å². The molecule has 1 heterocycles. The molecule has 0 spiro atoms. The number of aliphatic carboxylic acids is 1. The Morgan fingerprint density at radius 2 is 1.88 bits per heavy atom. The van der Waals surface area contributed by atoms with E-state index >= 15 is 0 Å². The molecule has 0 saturated carbocycles. The molecule has 0 radical (unpaired) electrons. The van der Waals surface area contributed by atoms with Gasteiger partial charge in [-0.15, -0.1) is 0 Å². The third-order valence-corrected chi connectivity index (χ3v) is 5.69. The molecule has 1 aromatic heterocycles. The fourth-order valence-corrected chi connectivity index (χ4v) is 3.98. The van der Waals surface area contributed by atoms with Gasteiger partial charge < -0.3 is 14.9 Å². The van der Waals surface area contributed by atoms with Crippen LogP contribution in [-0.4, -0.2) is 33.7 Å². The molecule has 0 atom stereocenters. The van der Waals surface area contributed by atoms with Crippen molar-refractivity contribution >= 4 is 23.0 Å². The molecule has 2 N–H and O–H groups in total. The number of carbonyl (C=O) groups excluding carboxylic acids is 1. The van der Waals surface area contributed by atoms with Crippen LogP contribution in [0.3, 0.4) is 0 Å². The van der Waals surface area contributed by atoms with Crippen molar-refractivity contribution in [3.63, 3.8) is 0 Å². The Bertz CT molecular complexity index is 1290. The summed E-state index contributed by atoms with van der Waals surface area (Å²) in [5.74, 6) is -1.92. The number of nitrogens with one attached hydrogen (secondary N) is 1. The van der Waals surface area contributed by atoms with Crippen LogP contribution in [0.25, 0.3) is 22.5 Å². The number of carboxylic acid groups (broad SMARTS) is 1. The summed E-state index contributed by atoms with van der Waals surface area (Å²) in [6.07, 6.45) is 4.48. The van der Waals surface area contributed by atoms with E-state index in [0.717, 1.165) is 17.2 Å². The number of hydrogen-bond acceptors (Lipinski definition) is 5. The molecular weight excluding hydrogens is 437 g/mol. The number of nitrogens with zero attached hydrogens (tertiary/aromatic N) is 2. The van der Waals surface area contributed by atoms with E-state index in [-0.39, 0.29) is 29.8 Å². The molecule has 7 nitrogen and oxygen atoms in total. The Morgan fingerprint density at radius 1 is 1.12 bits per heavy atom. The molecule has 34 heavy (non-hydrogen) atoms. The van der Waals surface area contributed by atoms with E-state index in [1.807, 2.05) is 24.3 Å². The van der Waals surface area contributed by atoms with Crippen molar-refractivity contribution in [1.82, 2.24) is 15.5 Å². The minimum absolute atomic E-state index is 0.0878. The molecule has 0 unspecified atom stereocenters. The molecule has 1 amide bonds. The van der Waals surface area contributed by atoms with Crippen LogP contribution in [0.15, 0.2) is 65.2 Å². The van der Waals surface area contributed by atoms with Gasteiger partial charge in [0.05, 0.1) is 12.0 Å². The second-order valence-electron chi connectivity index (χ2n) is 8.72. The Kier molecular flexibility index (Phi) is 6.40. The molecule has 8 heteroatoms. The van der Waals surface area contributed by atoms with E-state index in [0.29, 0.717) is 17.9 Å². The lowest BCUT2D eigenvalue weighted by molar-refractivity contribution is -0.136. The van der Waals surface area contributed by atoms with Gasteiger partial charge in [-0.3, -0.25) is 9.59 Å². The number of benzene rings is 2. The monoisotopic (exact) mass is 461 g/mol. The minimum Gasteiger partial charge on any atom is -0.481 e. The zero-order valence-corrected chi connectivity index (χ0v) is 18.8. The zero-order valence-electron chi connectivity index (χ0n) is 18.8. The van der Waals surface area contributed by atoms with Gasteiger partial charge in [0.25, 0.3) is 11.8 Å². The maximum atomic E-state index is 14.6. The predicted octanol–water partition coefficient (Wildman–Crippen LogP) is 4.98. The van der Waals surface area contributed by atoms with Gasteiger partial charge in [0.2, 0.25) is 5.82 Å². The number of rotatable bonds is 7. The highest BCUT2D eigenvalue weighted by atomic mass is 19.1. The highest BCUT2D eigenvalue weighted by Gasteiger charge is 2.30. The summed E-state index contributed by atoms with van der Waals surface area (Å²) in [4.78, 5) is 27.1. The molecular formula is C26H24FN3O4. The van der Waals surface area contributed by atoms with E-state index in [4.69, 9.17) is 9.63 Å². The van der Waals surface area contributed by atoms with Gasteiger partial charge in [0, 0.05) is 17.7 Å². The maximum absolute atomic E-state index is 14.6. The number of hydrogen-bond donors (Lipinski definition) is 2. The topological polar surface area (TPSA) is 105 Å². The Hall–Kier alpha value is -4.07. The van der Waals surface area contributed by atoms with Crippen molar-refractivity contribution in [2.75, 3.05) is 6.54 Å². The molecule has 3 aromatic rings. The van der Waals surface area contributed by atoms with Crippen LogP contribution in [0, 0.1) is 11.2 Å². The number of carbonyl (C=O) groups is 2. The third kappa shape index (κ3) is 4.96. The first-order chi connectivity index (χ1) is 16.2. The van der Waals surface area contributed by atoms with Crippen LogP contribution < -0.4 is 5.32 Å². The van der Waals surface area contributed by atoms with Gasteiger partial charge in [-0.1, -0.05) is 67.6 Å². The fourth-order valence-electron chi connectivity index (χ4n) is 3.98. The zero-order chi connectivity index (χ0) is 24.3. The summed E-state index contributed by atoms with van der Waals surface area (Å²) < 4.78 is 20.0. The van der Waals surface area contributed by atoms with Crippen molar-refractivity contribution in [1.29, 1.82) is 0 Å². The van der Waals surface area contributed by atoms with E-state index in [1.54, 1.807) is 0 Å². The lowest BCUT2D eigenvalue weighted by Crippen LogP contribution is -2.26. The lowest BCUT2D eigenvalue weighted by atomic mass is 9.73. The first kappa shape index (κ1) is 23.1. The second-order valence-corrected chi connectivity index (χ2v) is 8.72. The number of allylic oxidation sites excluding steroid dienone is 4. The predicted molar refractivity (Wildman–Crippen MR) is 125 cm³/mol. The lowest BCUT2D eigenvalue weighted by Gasteiger charge is -2.31. The largest absolute Gasteiger partial charge is 0.481 e. The first-order valence-corrected chi connectivity index (χ1v) is 10.9. The molecule has 0 fully saturated rings. The number of amides is 1. The third-order valence-electron chi connectivity index (χ3n) is 5.69. The average molecular weight is 461 g/mol. The Balaban J connectivity index is 1.53. The van der Waals surface area contributed by atoms with Crippen LogP contribution >= 0.6 is 0 Å². The molecule has 174 valence electrons. The number of carboxylic acids is 1. The molecule has 1 aliphatic rings. The van der Waals surface area contributed by atoms with Gasteiger partial charge in [-0.2, -0.15) is 4.98 Å². The van der Waals surface area contributed by atoms with Gasteiger partial charge in [0.1, 0.15) is 5.82 Å². The Morgan fingerprint density at radius 3 is 2.56 bits per heavy atom. The number of aromatic nitrogens is 2. The fraction of sp³-hybridized carbons (Fsp3) is 0.231. The van der Waals surface area contributed by atoms with E-state index in [2.05, 4.69) is 47.5 Å². The summed E-state index contributed by atoms with van der Waals surface area (Å²) in [6, 6.07) is 14.2. The van der Waals surface area contributed by atoms with Crippen LogP contribution in [0.2, 0.25) is 0 Å². The van der Waals surface area contributed by atoms with Crippen molar-refractivity contribution in [2.45, 2.75) is 26.7 Å². The van der Waals surface area contributed by atoms with Crippen LogP contribution in [-0.2, 0) is 4.79 Å². The van der Waals surface area contributed by atoms with Crippen molar-refractivity contribution < 1.29 is 23.6 Å². The minimum atomic E-state index is -1.05. The van der Waals surface area contributed by atoms with E-state index < -0.39 is 17.7 Å². The normalized spacial score (nSPS) is 14.8. The average Bonchev–Trinajstić information content (AvgIpc) is 3.29. The highest BCUT2D eigenvalue weighted by Crippen LogP contribution is 2.45. The molecule has 4 rings (SSSR count). The van der Waals surface area contributed by atoms with E-state index in [9.17, 15) is 14.0 Å². The standard InChI is InChI=1S/C26H24FN3O4/c1-26(2)15-18(9-11-20(26)16-6-4-3-5-7-16)25-29-23(30-34-25)17-8-10-19(21(27)14-17)24(33)28-13-12-22(31)32/h3-11,14H,12-13,15H2,1-2H3,(H,28,33)(H,31,32). The van der Waals surface area contributed by atoms with Crippen molar-refractivity contribution in [3.8, 4) is 11.4 Å². The summed E-state index contributed by atoms with van der Waals surface area (Å²) in [5, 5.41) is 15.0. The second kappa shape index (κ2) is 9.43. The molecule has 0 bridgehead atoms. The first-order valence-electron chi connectivity index (χ1n) is 10.9. The van der Waals surface area contributed by atoms with Gasteiger partial charge >= 0.3 is 5.97 Å². The van der Waals surface area contributed by atoms with Crippen LogP contribution in [0.4, 0.5) is 4.39 Å².